The van der Waals surface area contributed by atoms with Crippen molar-refractivity contribution in [3.05, 3.63) is 52.8 Å². The van der Waals surface area contributed by atoms with Gasteiger partial charge < -0.3 is 25.1 Å². The van der Waals surface area contributed by atoms with Crippen LogP contribution < -0.4 is 20.5 Å². The second kappa shape index (κ2) is 9.91. The van der Waals surface area contributed by atoms with Gasteiger partial charge in [0, 0.05) is 29.8 Å². The summed E-state index contributed by atoms with van der Waals surface area (Å²) in [6.45, 7) is 0.525. The lowest BCUT2D eigenvalue weighted by Crippen LogP contribution is -2.20. The number of hydrogen-bond acceptors (Lipinski definition) is 6. The summed E-state index contributed by atoms with van der Waals surface area (Å²) in [5.41, 5.74) is 6.86. The highest BCUT2D eigenvalue weighted by Crippen LogP contribution is 2.36. The van der Waals surface area contributed by atoms with Gasteiger partial charge in [-0.15, -0.1) is 10.2 Å². The summed E-state index contributed by atoms with van der Waals surface area (Å²) in [6, 6.07) is 10.4. The topological polar surface area (TPSA) is 121 Å². The van der Waals surface area contributed by atoms with Crippen LogP contribution in [-0.2, 0) is 17.8 Å². The molecule has 0 aliphatic carbocycles. The third kappa shape index (κ3) is 5.09. The second-order valence-electron chi connectivity index (χ2n) is 7.68. The molecule has 0 bridgehead atoms. The number of rotatable bonds is 7. The van der Waals surface area contributed by atoms with Crippen LogP contribution in [-0.4, -0.2) is 40.3 Å². The minimum absolute atomic E-state index is 0.126. The van der Waals surface area contributed by atoms with E-state index in [4.69, 9.17) is 26.8 Å². The van der Waals surface area contributed by atoms with E-state index in [1.165, 1.54) is 25.7 Å². The van der Waals surface area contributed by atoms with Crippen LogP contribution in [0.25, 0.3) is 11.4 Å². The molecule has 172 valence electrons. The van der Waals surface area contributed by atoms with E-state index in [1.807, 2.05) is 18.2 Å². The molecule has 1 aliphatic rings. The molecule has 10 heteroatoms. The normalized spacial score (nSPS) is 13.0. The van der Waals surface area contributed by atoms with Crippen LogP contribution in [0.2, 0.25) is 5.02 Å². The number of nitrogens with one attached hydrogen (secondary N) is 1. The number of methoxy groups -OCH3 is 1. The Balaban J connectivity index is 1.56. The van der Waals surface area contributed by atoms with Gasteiger partial charge in [0.15, 0.2) is 23.9 Å². The zero-order chi connectivity index (χ0) is 23.4. The average molecular weight is 470 g/mol. The van der Waals surface area contributed by atoms with E-state index in [9.17, 15) is 9.59 Å². The van der Waals surface area contributed by atoms with Crippen molar-refractivity contribution in [3.8, 4) is 22.9 Å². The third-order valence-electron chi connectivity index (χ3n) is 5.34. The third-order valence-corrected chi connectivity index (χ3v) is 5.62. The van der Waals surface area contributed by atoms with E-state index in [2.05, 4.69) is 20.1 Å². The van der Waals surface area contributed by atoms with E-state index in [0.717, 1.165) is 43.0 Å². The van der Waals surface area contributed by atoms with E-state index in [-0.39, 0.29) is 34.6 Å². The summed E-state index contributed by atoms with van der Waals surface area (Å²) in [4.78, 5) is 23.9. The van der Waals surface area contributed by atoms with Crippen molar-refractivity contribution in [2.75, 3.05) is 19.0 Å². The van der Waals surface area contributed by atoms with Crippen molar-refractivity contribution in [1.82, 2.24) is 14.8 Å². The number of carbonyl (C=O) groups excluding carboxylic acids is 2. The second-order valence-corrected chi connectivity index (χ2v) is 8.09. The predicted octanol–water partition coefficient (Wildman–Crippen LogP) is 3.45. The molecule has 2 amide bonds. The Labute approximate surface area is 195 Å². The van der Waals surface area contributed by atoms with Crippen LogP contribution in [0.15, 0.2) is 36.4 Å². The van der Waals surface area contributed by atoms with Crippen molar-refractivity contribution in [1.29, 1.82) is 0 Å². The molecule has 1 aromatic heterocycles. The molecule has 3 aromatic rings. The summed E-state index contributed by atoms with van der Waals surface area (Å²) in [5.74, 6) is 1.12. The number of anilines is 1. The maximum Gasteiger partial charge on any atom is 0.255 e. The predicted molar refractivity (Wildman–Crippen MR) is 124 cm³/mol. The van der Waals surface area contributed by atoms with Gasteiger partial charge in [-0.05, 0) is 37.1 Å². The monoisotopic (exact) mass is 469 g/mol. The average Bonchev–Trinajstić information content (AvgIpc) is 3.06. The van der Waals surface area contributed by atoms with Crippen molar-refractivity contribution < 1.29 is 19.1 Å². The molecule has 0 spiro atoms. The minimum atomic E-state index is -0.653. The van der Waals surface area contributed by atoms with E-state index in [0.29, 0.717) is 5.69 Å². The number of nitrogens with two attached hydrogens (primary N) is 1. The maximum absolute atomic E-state index is 12.9. The highest BCUT2D eigenvalue weighted by atomic mass is 35.5. The lowest BCUT2D eigenvalue weighted by molar-refractivity contribution is -0.119. The number of fused-ring (bicyclic) bond motifs is 1. The summed E-state index contributed by atoms with van der Waals surface area (Å²) < 4.78 is 12.7. The number of carbonyl (C=O) groups is 2. The van der Waals surface area contributed by atoms with E-state index in [1.54, 1.807) is 6.07 Å². The van der Waals surface area contributed by atoms with Gasteiger partial charge in [-0.1, -0.05) is 30.2 Å². The van der Waals surface area contributed by atoms with Crippen molar-refractivity contribution >= 4 is 29.1 Å². The molecule has 1 aliphatic heterocycles. The van der Waals surface area contributed by atoms with Crippen molar-refractivity contribution in [2.24, 2.45) is 5.73 Å². The van der Waals surface area contributed by atoms with Crippen LogP contribution in [0.4, 0.5) is 5.69 Å². The number of aromatic nitrogens is 3. The van der Waals surface area contributed by atoms with E-state index < -0.39 is 5.91 Å². The fraction of sp³-hybridized carbons (Fsp3) is 0.304. The number of amides is 2. The smallest absolute Gasteiger partial charge is 0.255 e. The number of primary amides is 1. The van der Waals surface area contributed by atoms with E-state index >= 15 is 0 Å². The summed E-state index contributed by atoms with van der Waals surface area (Å²) in [5, 5.41) is 11.7. The van der Waals surface area contributed by atoms with Gasteiger partial charge in [-0.25, -0.2) is 0 Å². The SMILES string of the molecule is COc1cc(C(=O)Nc2cccc(-c3nnc4n3CCCCC4)c2)cc(Cl)c1OCC(N)=O. The minimum Gasteiger partial charge on any atom is -0.493 e. The first-order valence-electron chi connectivity index (χ1n) is 10.6. The van der Waals surface area contributed by atoms with Gasteiger partial charge in [0.05, 0.1) is 12.1 Å². The zero-order valence-electron chi connectivity index (χ0n) is 18.1. The highest BCUT2D eigenvalue weighted by Gasteiger charge is 2.19. The van der Waals surface area contributed by atoms with Gasteiger partial charge in [0.2, 0.25) is 0 Å². The fourth-order valence-corrected chi connectivity index (χ4v) is 4.04. The van der Waals surface area contributed by atoms with Gasteiger partial charge >= 0.3 is 0 Å². The van der Waals surface area contributed by atoms with Crippen LogP contribution in [0, 0.1) is 0 Å². The molecule has 2 heterocycles. The first kappa shape index (κ1) is 22.6. The van der Waals surface area contributed by atoms with Crippen LogP contribution in [0.3, 0.4) is 0 Å². The molecule has 33 heavy (non-hydrogen) atoms. The lowest BCUT2D eigenvalue weighted by Gasteiger charge is -2.14. The van der Waals surface area contributed by atoms with Crippen molar-refractivity contribution in [2.45, 2.75) is 32.2 Å². The Kier molecular flexibility index (Phi) is 6.79. The van der Waals surface area contributed by atoms with Crippen molar-refractivity contribution in [3.63, 3.8) is 0 Å². The van der Waals surface area contributed by atoms with Crippen LogP contribution in [0.1, 0.15) is 35.4 Å². The molecule has 0 fully saturated rings. The van der Waals surface area contributed by atoms with Gasteiger partial charge in [-0.3, -0.25) is 9.59 Å². The van der Waals surface area contributed by atoms with Gasteiger partial charge in [-0.2, -0.15) is 0 Å². The molecule has 0 saturated carbocycles. The van der Waals surface area contributed by atoms with Gasteiger partial charge in [0.1, 0.15) is 5.82 Å². The molecule has 0 radical (unpaired) electrons. The molecule has 0 atom stereocenters. The number of halogens is 1. The summed E-state index contributed by atoms with van der Waals surface area (Å²) in [7, 11) is 1.41. The standard InChI is InChI=1S/C23H24ClN5O4/c1-32-18-12-15(11-17(24)21(18)33-13-19(25)30)23(31)26-16-7-5-6-14(10-16)22-28-27-20-8-3-2-4-9-29(20)22/h5-7,10-12H,2-4,8-9,13H2,1H3,(H2,25,30)(H,26,31). The molecule has 0 unspecified atom stereocenters. The summed E-state index contributed by atoms with van der Waals surface area (Å²) >= 11 is 6.26. The first-order chi connectivity index (χ1) is 16.0. The Bertz CT molecular complexity index is 1190. The maximum atomic E-state index is 12.9. The molecule has 3 N–H and O–H groups in total. The molecule has 2 aromatic carbocycles. The molecular formula is C23H24ClN5O4. The quantitative estimate of drug-likeness (QED) is 0.546. The molecule has 9 nitrogen and oxygen atoms in total. The zero-order valence-corrected chi connectivity index (χ0v) is 18.9. The number of nitrogens with zero attached hydrogens (tertiary/aromatic N) is 3. The number of hydrogen-bond donors (Lipinski definition) is 2. The molecule has 0 saturated heterocycles. The van der Waals surface area contributed by atoms with Gasteiger partial charge in [0.25, 0.3) is 11.8 Å². The Hall–Kier alpha value is -3.59. The number of benzene rings is 2. The lowest BCUT2D eigenvalue weighted by atomic mass is 10.1. The Morgan fingerprint density at radius 1 is 1.18 bits per heavy atom. The fourth-order valence-electron chi connectivity index (χ4n) is 3.77. The highest BCUT2D eigenvalue weighted by molar-refractivity contribution is 6.32. The number of aryl methyl sites for hydroxylation is 1. The molecule has 4 rings (SSSR count). The number of ether oxygens (including phenoxy) is 2. The van der Waals surface area contributed by atoms with Crippen LogP contribution >= 0.6 is 11.6 Å². The Morgan fingerprint density at radius 2 is 2.03 bits per heavy atom. The van der Waals surface area contributed by atoms with Crippen LogP contribution in [0.5, 0.6) is 11.5 Å². The first-order valence-corrected chi connectivity index (χ1v) is 11.0. The Morgan fingerprint density at radius 3 is 2.82 bits per heavy atom. The summed E-state index contributed by atoms with van der Waals surface area (Å²) in [6.07, 6.45) is 4.31. The largest absolute Gasteiger partial charge is 0.493 e. The molecular weight excluding hydrogens is 446 g/mol.